The van der Waals surface area contributed by atoms with Crippen molar-refractivity contribution >= 4 is 29.7 Å². The number of carbonyl (C=O) groups excluding carboxylic acids is 1. The third-order valence-corrected chi connectivity index (χ3v) is 3.75. The summed E-state index contributed by atoms with van der Waals surface area (Å²) in [6.45, 7) is 3.03. The number of hydrogen-bond acceptors (Lipinski definition) is 3. The van der Waals surface area contributed by atoms with Crippen molar-refractivity contribution in [1.82, 2.24) is 10.6 Å². The molecular formula is C12H19ClN2OS. The quantitative estimate of drug-likeness (QED) is 0.881. The number of nitrogens with one attached hydrogen (secondary N) is 2. The Hall–Kier alpha value is -0.580. The smallest absolute Gasteiger partial charge is 0.237 e. The second-order valence-electron chi connectivity index (χ2n) is 4.34. The number of thiophene rings is 1. The average Bonchev–Trinajstić information content (AvgIpc) is 2.88. The van der Waals surface area contributed by atoms with Crippen LogP contribution < -0.4 is 10.6 Å². The number of halogens is 1. The van der Waals surface area contributed by atoms with Gasteiger partial charge in [-0.05, 0) is 37.8 Å². The zero-order chi connectivity index (χ0) is 11.4. The average molecular weight is 275 g/mol. The minimum atomic E-state index is 0. The summed E-state index contributed by atoms with van der Waals surface area (Å²) in [4.78, 5) is 13.1. The topological polar surface area (TPSA) is 41.1 Å². The van der Waals surface area contributed by atoms with Crippen LogP contribution in [0.3, 0.4) is 0 Å². The van der Waals surface area contributed by atoms with Crippen LogP contribution in [0.1, 0.15) is 24.6 Å². The van der Waals surface area contributed by atoms with Crippen molar-refractivity contribution in [2.45, 2.75) is 38.3 Å². The molecule has 1 aromatic rings. The summed E-state index contributed by atoms with van der Waals surface area (Å²) in [5.74, 6) is 0.154. The van der Waals surface area contributed by atoms with Crippen molar-refractivity contribution in [2.24, 2.45) is 0 Å². The highest BCUT2D eigenvalue weighted by Gasteiger charge is 2.22. The van der Waals surface area contributed by atoms with Crippen LogP contribution in [0, 0.1) is 0 Å². The fraction of sp³-hybridized carbons (Fsp3) is 0.583. The van der Waals surface area contributed by atoms with Gasteiger partial charge >= 0.3 is 0 Å². The highest BCUT2D eigenvalue weighted by atomic mass is 35.5. The van der Waals surface area contributed by atoms with Crippen LogP contribution in [0.4, 0.5) is 0 Å². The highest BCUT2D eigenvalue weighted by molar-refractivity contribution is 7.09. The molecule has 3 nitrogen and oxygen atoms in total. The minimum Gasteiger partial charge on any atom is -0.352 e. The van der Waals surface area contributed by atoms with Gasteiger partial charge in [0.15, 0.2) is 0 Å². The van der Waals surface area contributed by atoms with Crippen molar-refractivity contribution in [3.8, 4) is 0 Å². The van der Waals surface area contributed by atoms with Crippen LogP contribution in [0.25, 0.3) is 0 Å². The van der Waals surface area contributed by atoms with Gasteiger partial charge in [-0.1, -0.05) is 6.07 Å². The van der Waals surface area contributed by atoms with Gasteiger partial charge in [-0.15, -0.1) is 23.7 Å². The third kappa shape index (κ3) is 4.30. The molecule has 2 unspecified atom stereocenters. The van der Waals surface area contributed by atoms with E-state index in [9.17, 15) is 4.79 Å². The molecule has 1 saturated heterocycles. The first-order valence-electron chi connectivity index (χ1n) is 5.82. The maximum atomic E-state index is 11.8. The molecule has 1 amide bonds. The molecular weight excluding hydrogens is 256 g/mol. The number of rotatable bonds is 4. The van der Waals surface area contributed by atoms with Gasteiger partial charge < -0.3 is 10.6 Å². The Kier molecular flexibility index (Phi) is 5.95. The molecule has 0 spiro atoms. The van der Waals surface area contributed by atoms with Crippen LogP contribution in [-0.4, -0.2) is 24.5 Å². The largest absolute Gasteiger partial charge is 0.352 e. The summed E-state index contributed by atoms with van der Waals surface area (Å²) in [6.07, 6.45) is 3.01. The van der Waals surface area contributed by atoms with E-state index < -0.39 is 0 Å². The van der Waals surface area contributed by atoms with E-state index >= 15 is 0 Å². The Morgan fingerprint density at radius 3 is 3.12 bits per heavy atom. The lowest BCUT2D eigenvalue weighted by Gasteiger charge is -2.16. The van der Waals surface area contributed by atoms with Crippen LogP contribution in [-0.2, 0) is 11.2 Å². The van der Waals surface area contributed by atoms with Gasteiger partial charge in [-0.25, -0.2) is 0 Å². The third-order valence-electron chi connectivity index (χ3n) is 2.85. The summed E-state index contributed by atoms with van der Waals surface area (Å²) in [6, 6.07) is 4.41. The van der Waals surface area contributed by atoms with Crippen molar-refractivity contribution in [1.29, 1.82) is 0 Å². The number of hydrogen-bond donors (Lipinski definition) is 2. The van der Waals surface area contributed by atoms with Crippen LogP contribution in [0.2, 0.25) is 0 Å². The lowest BCUT2D eigenvalue weighted by Crippen LogP contribution is -2.44. The first-order valence-corrected chi connectivity index (χ1v) is 6.70. The predicted octanol–water partition coefficient (Wildman–Crippen LogP) is 1.97. The van der Waals surface area contributed by atoms with Crippen molar-refractivity contribution < 1.29 is 4.79 Å². The molecule has 0 radical (unpaired) electrons. The second kappa shape index (κ2) is 6.99. The van der Waals surface area contributed by atoms with E-state index in [0.29, 0.717) is 0 Å². The molecule has 5 heteroatoms. The van der Waals surface area contributed by atoms with E-state index in [4.69, 9.17) is 0 Å². The Labute approximate surface area is 112 Å². The van der Waals surface area contributed by atoms with Gasteiger partial charge in [-0.3, -0.25) is 4.79 Å². The molecule has 0 aromatic carbocycles. The van der Waals surface area contributed by atoms with Gasteiger partial charge in [0.1, 0.15) is 0 Å². The Morgan fingerprint density at radius 2 is 2.53 bits per heavy atom. The number of carbonyl (C=O) groups is 1. The standard InChI is InChI=1S/C12H18N2OS.ClH/c1-9(8-10-4-3-7-16-10)14-12(15)11-5-2-6-13-11;/h3-4,7,9,11,13H,2,5-6,8H2,1H3,(H,14,15);1H. The van der Waals surface area contributed by atoms with E-state index in [2.05, 4.69) is 29.0 Å². The molecule has 1 aliphatic rings. The molecule has 1 aromatic heterocycles. The SMILES string of the molecule is CC(Cc1cccs1)NC(=O)C1CCCN1.Cl. The Balaban J connectivity index is 0.00000144. The Morgan fingerprint density at radius 1 is 1.71 bits per heavy atom. The fourth-order valence-corrected chi connectivity index (χ4v) is 2.87. The normalized spacial score (nSPS) is 20.6. The van der Waals surface area contributed by atoms with E-state index in [-0.39, 0.29) is 30.4 Å². The molecule has 2 atom stereocenters. The molecule has 0 bridgehead atoms. The Bertz CT molecular complexity index is 336. The van der Waals surface area contributed by atoms with E-state index in [0.717, 1.165) is 25.8 Å². The van der Waals surface area contributed by atoms with Gasteiger partial charge in [-0.2, -0.15) is 0 Å². The van der Waals surface area contributed by atoms with Crippen molar-refractivity contribution in [3.63, 3.8) is 0 Å². The summed E-state index contributed by atoms with van der Waals surface area (Å²) in [5, 5.41) is 8.35. The van der Waals surface area contributed by atoms with Crippen LogP contribution in [0.15, 0.2) is 17.5 Å². The molecule has 17 heavy (non-hydrogen) atoms. The van der Waals surface area contributed by atoms with E-state index in [1.807, 2.05) is 6.07 Å². The molecule has 0 aliphatic carbocycles. The van der Waals surface area contributed by atoms with E-state index in [1.165, 1.54) is 4.88 Å². The molecule has 2 heterocycles. The predicted molar refractivity (Wildman–Crippen MR) is 73.9 cm³/mol. The van der Waals surface area contributed by atoms with Gasteiger partial charge in [0, 0.05) is 17.3 Å². The number of amides is 1. The van der Waals surface area contributed by atoms with Gasteiger partial charge in [0.05, 0.1) is 6.04 Å². The summed E-state index contributed by atoms with van der Waals surface area (Å²) in [5.41, 5.74) is 0. The van der Waals surface area contributed by atoms with Crippen LogP contribution >= 0.6 is 23.7 Å². The molecule has 1 fully saturated rings. The maximum absolute atomic E-state index is 11.8. The molecule has 1 aliphatic heterocycles. The lowest BCUT2D eigenvalue weighted by atomic mass is 10.1. The highest BCUT2D eigenvalue weighted by Crippen LogP contribution is 2.11. The zero-order valence-electron chi connectivity index (χ0n) is 9.94. The molecule has 0 saturated carbocycles. The van der Waals surface area contributed by atoms with E-state index in [1.54, 1.807) is 11.3 Å². The second-order valence-corrected chi connectivity index (χ2v) is 5.37. The first kappa shape index (κ1) is 14.5. The summed E-state index contributed by atoms with van der Waals surface area (Å²) in [7, 11) is 0. The lowest BCUT2D eigenvalue weighted by molar-refractivity contribution is -0.123. The van der Waals surface area contributed by atoms with Crippen molar-refractivity contribution in [3.05, 3.63) is 22.4 Å². The monoisotopic (exact) mass is 274 g/mol. The first-order chi connectivity index (χ1) is 7.75. The summed E-state index contributed by atoms with van der Waals surface area (Å²) >= 11 is 1.74. The summed E-state index contributed by atoms with van der Waals surface area (Å²) < 4.78 is 0. The van der Waals surface area contributed by atoms with Gasteiger partial charge in [0.2, 0.25) is 5.91 Å². The zero-order valence-corrected chi connectivity index (χ0v) is 11.6. The van der Waals surface area contributed by atoms with Gasteiger partial charge in [0.25, 0.3) is 0 Å². The molecule has 2 rings (SSSR count). The molecule has 2 N–H and O–H groups in total. The minimum absolute atomic E-state index is 0. The van der Waals surface area contributed by atoms with Crippen molar-refractivity contribution in [2.75, 3.05) is 6.54 Å². The van der Waals surface area contributed by atoms with Crippen LogP contribution in [0.5, 0.6) is 0 Å². The molecule has 96 valence electrons. The maximum Gasteiger partial charge on any atom is 0.237 e. The fourth-order valence-electron chi connectivity index (χ4n) is 2.03.